The molecule has 4 rings (SSSR count). The van der Waals surface area contributed by atoms with E-state index < -0.39 is 5.60 Å². The fraction of sp³-hybridized carbons (Fsp3) is 0.167. The number of carbonyl (C=O) groups is 1. The summed E-state index contributed by atoms with van der Waals surface area (Å²) in [4.78, 5) is 17.5. The summed E-state index contributed by atoms with van der Waals surface area (Å²) in [5.74, 6) is 0.801. The van der Waals surface area contributed by atoms with Gasteiger partial charge in [-0.3, -0.25) is 4.79 Å². The third kappa shape index (κ3) is 4.16. The standard InChI is InChI=1S/C24H21ClN2O3/c1-15-8-9-16(22-26-19-6-4-5-7-21(19)29-22)14-20(15)27-23(28)24(2,3)30-18-12-10-17(25)11-13-18/h4-14H,1-3H3,(H,27,28). The third-order valence-corrected chi connectivity index (χ3v) is 5.01. The number of oxazole rings is 1. The molecule has 6 heteroatoms. The molecule has 0 aliphatic rings. The van der Waals surface area contributed by atoms with Crippen molar-refractivity contribution in [1.29, 1.82) is 0 Å². The molecule has 0 atom stereocenters. The largest absolute Gasteiger partial charge is 0.478 e. The minimum atomic E-state index is -1.09. The molecule has 152 valence electrons. The number of hydrogen-bond acceptors (Lipinski definition) is 4. The number of fused-ring (bicyclic) bond motifs is 1. The molecular formula is C24H21ClN2O3. The van der Waals surface area contributed by atoms with Gasteiger partial charge in [0.2, 0.25) is 5.89 Å². The van der Waals surface area contributed by atoms with E-state index in [-0.39, 0.29) is 5.91 Å². The Kier molecular flexibility index (Phi) is 5.22. The molecule has 1 N–H and O–H groups in total. The quantitative estimate of drug-likeness (QED) is 0.414. The highest BCUT2D eigenvalue weighted by Crippen LogP contribution is 2.29. The predicted octanol–water partition coefficient (Wildman–Crippen LogP) is 6.25. The highest BCUT2D eigenvalue weighted by atomic mass is 35.5. The molecule has 0 fully saturated rings. The maximum Gasteiger partial charge on any atom is 0.267 e. The van der Waals surface area contributed by atoms with E-state index in [4.69, 9.17) is 20.8 Å². The highest BCUT2D eigenvalue weighted by molar-refractivity contribution is 6.30. The Morgan fingerprint density at radius 1 is 1.07 bits per heavy atom. The van der Waals surface area contributed by atoms with Crippen molar-refractivity contribution in [2.24, 2.45) is 0 Å². The van der Waals surface area contributed by atoms with E-state index in [0.29, 0.717) is 22.4 Å². The number of anilines is 1. The summed E-state index contributed by atoms with van der Waals surface area (Å²) in [6.07, 6.45) is 0. The Hall–Kier alpha value is -3.31. The molecule has 1 aromatic heterocycles. The number of amides is 1. The highest BCUT2D eigenvalue weighted by Gasteiger charge is 2.30. The summed E-state index contributed by atoms with van der Waals surface area (Å²) in [5.41, 5.74) is 2.79. The van der Waals surface area contributed by atoms with Crippen LogP contribution in [0.1, 0.15) is 19.4 Å². The Morgan fingerprint density at radius 2 is 1.80 bits per heavy atom. The van der Waals surface area contributed by atoms with Crippen molar-refractivity contribution in [3.05, 3.63) is 77.3 Å². The molecule has 0 saturated heterocycles. The maximum absolute atomic E-state index is 12.9. The number of carbonyl (C=O) groups excluding carboxylic acids is 1. The van der Waals surface area contributed by atoms with Crippen molar-refractivity contribution in [3.8, 4) is 17.2 Å². The van der Waals surface area contributed by atoms with Gasteiger partial charge in [0.1, 0.15) is 11.3 Å². The fourth-order valence-corrected chi connectivity index (χ4v) is 3.13. The normalized spacial score (nSPS) is 11.5. The molecule has 4 aromatic rings. The SMILES string of the molecule is Cc1ccc(-c2nc3ccccc3o2)cc1NC(=O)C(C)(C)Oc1ccc(Cl)cc1. The van der Waals surface area contributed by atoms with E-state index in [1.807, 2.05) is 49.4 Å². The summed E-state index contributed by atoms with van der Waals surface area (Å²) in [7, 11) is 0. The minimum Gasteiger partial charge on any atom is -0.478 e. The average Bonchev–Trinajstić information content (AvgIpc) is 3.15. The number of ether oxygens (including phenoxy) is 1. The van der Waals surface area contributed by atoms with Gasteiger partial charge in [-0.1, -0.05) is 29.8 Å². The molecule has 0 bridgehead atoms. The second kappa shape index (κ2) is 7.84. The summed E-state index contributed by atoms with van der Waals surface area (Å²) in [6.45, 7) is 5.37. The number of rotatable bonds is 5. The first-order valence-corrected chi connectivity index (χ1v) is 9.92. The first-order chi connectivity index (χ1) is 14.3. The first-order valence-electron chi connectivity index (χ1n) is 9.54. The lowest BCUT2D eigenvalue weighted by Crippen LogP contribution is -2.42. The van der Waals surface area contributed by atoms with Gasteiger partial charge in [-0.15, -0.1) is 0 Å². The van der Waals surface area contributed by atoms with Crippen molar-refractivity contribution in [3.63, 3.8) is 0 Å². The summed E-state index contributed by atoms with van der Waals surface area (Å²) in [6, 6.07) is 20.2. The van der Waals surface area contributed by atoms with Gasteiger partial charge in [-0.2, -0.15) is 0 Å². The fourth-order valence-electron chi connectivity index (χ4n) is 3.00. The van der Waals surface area contributed by atoms with Crippen LogP contribution in [0.5, 0.6) is 5.75 Å². The number of nitrogens with one attached hydrogen (secondary N) is 1. The van der Waals surface area contributed by atoms with Gasteiger partial charge >= 0.3 is 0 Å². The van der Waals surface area contributed by atoms with Crippen LogP contribution in [0.2, 0.25) is 5.02 Å². The van der Waals surface area contributed by atoms with Gasteiger partial charge in [0.15, 0.2) is 11.2 Å². The van der Waals surface area contributed by atoms with E-state index >= 15 is 0 Å². The van der Waals surface area contributed by atoms with Crippen molar-refractivity contribution in [2.45, 2.75) is 26.4 Å². The van der Waals surface area contributed by atoms with E-state index in [1.54, 1.807) is 38.1 Å². The average molecular weight is 421 g/mol. The molecule has 0 spiro atoms. The molecule has 1 amide bonds. The third-order valence-electron chi connectivity index (χ3n) is 4.76. The van der Waals surface area contributed by atoms with Crippen molar-refractivity contribution in [2.75, 3.05) is 5.32 Å². The molecule has 3 aromatic carbocycles. The number of para-hydroxylation sites is 2. The Balaban J connectivity index is 1.56. The molecule has 30 heavy (non-hydrogen) atoms. The topological polar surface area (TPSA) is 64.4 Å². The van der Waals surface area contributed by atoms with Gasteiger partial charge in [0, 0.05) is 16.3 Å². The molecule has 0 unspecified atom stereocenters. The molecule has 0 saturated carbocycles. The smallest absolute Gasteiger partial charge is 0.267 e. The van der Waals surface area contributed by atoms with E-state index in [2.05, 4.69) is 10.3 Å². The number of nitrogens with zero attached hydrogens (tertiary/aromatic N) is 1. The monoisotopic (exact) mass is 420 g/mol. The number of halogens is 1. The van der Waals surface area contributed by atoms with Crippen LogP contribution < -0.4 is 10.1 Å². The minimum absolute atomic E-state index is 0.268. The van der Waals surface area contributed by atoms with Gasteiger partial charge in [0.05, 0.1) is 0 Å². The zero-order valence-corrected chi connectivity index (χ0v) is 17.7. The van der Waals surface area contributed by atoms with Crippen LogP contribution in [0.4, 0.5) is 5.69 Å². The van der Waals surface area contributed by atoms with E-state index in [0.717, 1.165) is 22.2 Å². The first kappa shape index (κ1) is 20.0. The van der Waals surface area contributed by atoms with Crippen molar-refractivity contribution in [1.82, 2.24) is 4.98 Å². The second-order valence-corrected chi connectivity index (χ2v) is 7.97. The molecule has 0 aliphatic heterocycles. The molecule has 5 nitrogen and oxygen atoms in total. The zero-order valence-electron chi connectivity index (χ0n) is 16.9. The van der Waals surface area contributed by atoms with Crippen LogP contribution in [-0.2, 0) is 4.79 Å². The van der Waals surface area contributed by atoms with Gasteiger partial charge < -0.3 is 14.5 Å². The van der Waals surface area contributed by atoms with Crippen molar-refractivity contribution < 1.29 is 13.9 Å². The van der Waals surface area contributed by atoms with E-state index in [1.165, 1.54) is 0 Å². The van der Waals surface area contributed by atoms with Crippen LogP contribution in [-0.4, -0.2) is 16.5 Å². The molecule has 1 heterocycles. The van der Waals surface area contributed by atoms with Crippen LogP contribution in [0, 0.1) is 6.92 Å². The Morgan fingerprint density at radius 3 is 2.53 bits per heavy atom. The van der Waals surface area contributed by atoms with Crippen LogP contribution in [0.25, 0.3) is 22.6 Å². The molecule has 0 radical (unpaired) electrons. The number of aromatic nitrogens is 1. The number of hydrogen-bond donors (Lipinski definition) is 1. The zero-order chi connectivity index (χ0) is 21.3. The lowest BCUT2D eigenvalue weighted by molar-refractivity contribution is -0.128. The maximum atomic E-state index is 12.9. The molecule has 0 aliphatic carbocycles. The number of benzene rings is 3. The van der Waals surface area contributed by atoms with Crippen LogP contribution in [0.15, 0.2) is 71.1 Å². The molecular weight excluding hydrogens is 400 g/mol. The van der Waals surface area contributed by atoms with Gasteiger partial charge in [0.25, 0.3) is 5.91 Å². The van der Waals surface area contributed by atoms with E-state index in [9.17, 15) is 4.79 Å². The lowest BCUT2D eigenvalue weighted by atomic mass is 10.1. The number of aryl methyl sites for hydroxylation is 1. The Bertz CT molecular complexity index is 1180. The second-order valence-electron chi connectivity index (χ2n) is 7.54. The summed E-state index contributed by atoms with van der Waals surface area (Å²) < 4.78 is 11.7. The lowest BCUT2D eigenvalue weighted by Gasteiger charge is -2.26. The Labute approximate surface area is 179 Å². The summed E-state index contributed by atoms with van der Waals surface area (Å²) >= 11 is 5.91. The summed E-state index contributed by atoms with van der Waals surface area (Å²) in [5, 5.41) is 3.57. The van der Waals surface area contributed by atoms with Crippen LogP contribution in [0.3, 0.4) is 0 Å². The van der Waals surface area contributed by atoms with Gasteiger partial charge in [-0.05, 0) is 74.9 Å². The van der Waals surface area contributed by atoms with Crippen molar-refractivity contribution >= 4 is 34.3 Å². The van der Waals surface area contributed by atoms with Gasteiger partial charge in [-0.25, -0.2) is 4.98 Å². The predicted molar refractivity (Wildman–Crippen MR) is 119 cm³/mol. The van der Waals surface area contributed by atoms with Crippen LogP contribution >= 0.6 is 11.6 Å².